The molecule has 1 radical (unpaired) electrons. The Hall–Kier alpha value is 0.986. The molecule has 0 spiro atoms. The van der Waals surface area contributed by atoms with Gasteiger partial charge in [-0.05, 0) is 12.1 Å². The quantitative estimate of drug-likeness (QED) is 0.438. The summed E-state index contributed by atoms with van der Waals surface area (Å²) in [6, 6.07) is 2.54. The molecule has 0 aliphatic rings. The number of hydrogen-bond acceptors (Lipinski definition) is 3. The molecular weight excluding hydrogens is 229 g/mol. The zero-order valence-corrected chi connectivity index (χ0v) is 10.9. The minimum atomic E-state index is -4.23. The molecule has 0 atom stereocenters. The molecule has 0 bridgehead atoms. The van der Waals surface area contributed by atoms with Gasteiger partial charge in [-0.25, -0.2) is 4.98 Å². The first-order chi connectivity index (χ1) is 5.02. The molecule has 0 aliphatic heterocycles. The van der Waals surface area contributed by atoms with Gasteiger partial charge in [0.25, 0.3) is 10.1 Å². The van der Waals surface area contributed by atoms with Gasteiger partial charge in [-0.1, -0.05) is 11.6 Å². The fourth-order valence-electron chi connectivity index (χ4n) is 0.564. The van der Waals surface area contributed by atoms with Crippen LogP contribution in [-0.4, -0.2) is 69.3 Å². The summed E-state index contributed by atoms with van der Waals surface area (Å²) in [7, 11) is -4.23. The van der Waals surface area contributed by atoms with E-state index < -0.39 is 10.1 Å². The van der Waals surface area contributed by atoms with Crippen molar-refractivity contribution >= 4 is 73.1 Å². The van der Waals surface area contributed by atoms with Crippen LogP contribution in [0.3, 0.4) is 0 Å². The minimum Gasteiger partial charge on any atom is -0.282 e. The van der Waals surface area contributed by atoms with Crippen LogP contribution in [0.25, 0.3) is 0 Å². The van der Waals surface area contributed by atoms with Crippen LogP contribution in [0.5, 0.6) is 0 Å². The number of pyridine rings is 1. The summed E-state index contributed by atoms with van der Waals surface area (Å²) in [5.41, 5.74) is 0. The Bertz CT molecular complexity index is 367. The maximum Gasteiger partial charge on any atom is 0.297 e. The van der Waals surface area contributed by atoms with Gasteiger partial charge in [0.2, 0.25) is 0 Å². The topological polar surface area (TPSA) is 67.3 Å². The smallest absolute Gasteiger partial charge is 0.282 e. The normalized spacial score (nSPS) is 10.5. The average molecular weight is 233 g/mol. The van der Waals surface area contributed by atoms with E-state index in [9.17, 15) is 8.42 Å². The molecule has 0 unspecified atom stereocenters. The second-order valence-corrected chi connectivity index (χ2v) is 3.52. The minimum absolute atomic E-state index is 0. The van der Waals surface area contributed by atoms with E-state index in [1.807, 2.05) is 0 Å². The summed E-state index contributed by atoms with van der Waals surface area (Å²) >= 11 is 5.36. The molecule has 0 saturated carbocycles. The van der Waals surface area contributed by atoms with E-state index >= 15 is 0 Å². The Morgan fingerprint density at radius 2 is 2.08 bits per heavy atom. The fourth-order valence-corrected chi connectivity index (χ4v) is 1.49. The van der Waals surface area contributed by atoms with Crippen molar-refractivity contribution in [2.24, 2.45) is 0 Å². The summed E-state index contributed by atoms with van der Waals surface area (Å²) in [5.74, 6) is 0. The van der Waals surface area contributed by atoms with Crippen molar-refractivity contribution < 1.29 is 13.0 Å². The van der Waals surface area contributed by atoms with E-state index in [0.717, 1.165) is 0 Å². The SMILES string of the molecule is O=S(=O)(O)c1cccnc1Cl.[K]. The Kier molecular flexibility index (Phi) is 5.43. The van der Waals surface area contributed by atoms with Crippen molar-refractivity contribution in [2.45, 2.75) is 4.90 Å². The van der Waals surface area contributed by atoms with Crippen molar-refractivity contribution in [1.29, 1.82) is 0 Å². The van der Waals surface area contributed by atoms with Crippen molar-refractivity contribution in [3.8, 4) is 0 Å². The van der Waals surface area contributed by atoms with Crippen molar-refractivity contribution in [1.82, 2.24) is 4.98 Å². The Labute approximate surface area is 118 Å². The van der Waals surface area contributed by atoms with Crippen LogP contribution in [0.2, 0.25) is 5.15 Å². The van der Waals surface area contributed by atoms with E-state index in [4.69, 9.17) is 16.2 Å². The van der Waals surface area contributed by atoms with Gasteiger partial charge in [-0.3, -0.25) is 4.55 Å². The van der Waals surface area contributed by atoms with Gasteiger partial charge in [0, 0.05) is 57.6 Å². The molecule has 1 heterocycles. The van der Waals surface area contributed by atoms with Gasteiger partial charge < -0.3 is 0 Å². The van der Waals surface area contributed by atoms with E-state index in [2.05, 4.69) is 4.98 Å². The molecule has 0 aliphatic carbocycles. The van der Waals surface area contributed by atoms with Crippen molar-refractivity contribution in [3.05, 3.63) is 23.5 Å². The molecule has 0 amide bonds. The summed E-state index contributed by atoms with van der Waals surface area (Å²) in [4.78, 5) is 3.10. The van der Waals surface area contributed by atoms with E-state index in [0.29, 0.717) is 0 Å². The van der Waals surface area contributed by atoms with E-state index in [1.54, 1.807) is 0 Å². The second-order valence-electron chi connectivity index (χ2n) is 1.77. The predicted molar refractivity (Wildman–Crippen MR) is 44.8 cm³/mol. The molecule has 1 aromatic rings. The molecule has 0 aromatic carbocycles. The molecule has 4 nitrogen and oxygen atoms in total. The standard InChI is InChI=1S/C5H4ClNO3S.K/c6-5-4(11(8,9)10)2-1-3-7-5;/h1-3H,(H,8,9,10);. The molecule has 1 aromatic heterocycles. The predicted octanol–water partition coefficient (Wildman–Crippen LogP) is 0.601. The zero-order valence-electron chi connectivity index (χ0n) is 6.23. The molecule has 1 rings (SSSR count). The number of halogens is 1. The number of hydrogen-bond donors (Lipinski definition) is 1. The van der Waals surface area contributed by atoms with E-state index in [-0.39, 0.29) is 61.4 Å². The first-order valence-corrected chi connectivity index (χ1v) is 4.41. The van der Waals surface area contributed by atoms with Gasteiger partial charge in [0.15, 0.2) is 0 Å². The molecule has 1 N–H and O–H groups in total. The molecule has 0 fully saturated rings. The maximum absolute atomic E-state index is 10.5. The average Bonchev–Trinajstić information content (AvgIpc) is 1.86. The Morgan fingerprint density at radius 3 is 2.42 bits per heavy atom. The van der Waals surface area contributed by atoms with Gasteiger partial charge in [0.05, 0.1) is 0 Å². The van der Waals surface area contributed by atoms with Gasteiger partial charge >= 0.3 is 0 Å². The van der Waals surface area contributed by atoms with Crippen LogP contribution < -0.4 is 0 Å². The molecule has 7 heteroatoms. The van der Waals surface area contributed by atoms with Gasteiger partial charge in [0.1, 0.15) is 10.0 Å². The van der Waals surface area contributed by atoms with Crippen LogP contribution in [0, 0.1) is 0 Å². The summed E-state index contributed by atoms with van der Waals surface area (Å²) < 4.78 is 29.5. The summed E-state index contributed by atoms with van der Waals surface area (Å²) in [6.45, 7) is 0. The number of aromatic nitrogens is 1. The van der Waals surface area contributed by atoms with Crippen LogP contribution in [0.15, 0.2) is 23.2 Å². The Morgan fingerprint density at radius 1 is 1.50 bits per heavy atom. The van der Waals surface area contributed by atoms with Crippen LogP contribution in [0.1, 0.15) is 0 Å². The number of nitrogens with zero attached hydrogens (tertiary/aromatic N) is 1. The van der Waals surface area contributed by atoms with Crippen LogP contribution in [-0.2, 0) is 10.1 Å². The van der Waals surface area contributed by atoms with Crippen LogP contribution in [0.4, 0.5) is 0 Å². The largest absolute Gasteiger partial charge is 0.297 e. The first-order valence-electron chi connectivity index (χ1n) is 2.60. The second kappa shape index (κ2) is 5.01. The molecular formula is C5H4ClKNO3S. The van der Waals surface area contributed by atoms with Crippen molar-refractivity contribution in [2.75, 3.05) is 0 Å². The fraction of sp³-hybridized carbons (Fsp3) is 0. The third-order valence-corrected chi connectivity index (χ3v) is 2.30. The first kappa shape index (κ1) is 13.0. The van der Waals surface area contributed by atoms with E-state index in [1.165, 1.54) is 18.3 Å². The summed E-state index contributed by atoms with van der Waals surface area (Å²) in [6.07, 6.45) is 1.33. The zero-order chi connectivity index (χ0) is 8.48. The number of rotatable bonds is 1. The van der Waals surface area contributed by atoms with Crippen molar-refractivity contribution in [3.63, 3.8) is 0 Å². The molecule has 12 heavy (non-hydrogen) atoms. The third kappa shape index (κ3) is 3.39. The molecule has 0 saturated heterocycles. The third-order valence-electron chi connectivity index (χ3n) is 1.00. The van der Waals surface area contributed by atoms with Gasteiger partial charge in [-0.15, -0.1) is 0 Å². The van der Waals surface area contributed by atoms with Crippen LogP contribution >= 0.6 is 11.6 Å². The summed E-state index contributed by atoms with van der Waals surface area (Å²) in [5, 5.41) is -0.227. The maximum atomic E-state index is 10.5. The Balaban J connectivity index is 0.00000121. The monoisotopic (exact) mass is 232 g/mol. The van der Waals surface area contributed by atoms with Gasteiger partial charge in [-0.2, -0.15) is 8.42 Å². The molecule has 61 valence electrons.